The Hall–Kier alpha value is -2.62. The van der Waals surface area contributed by atoms with Crippen LogP contribution in [-0.2, 0) is 9.47 Å². The molecule has 216 valence electrons. The lowest BCUT2D eigenvalue weighted by Gasteiger charge is -2.17. The summed E-state index contributed by atoms with van der Waals surface area (Å²) in [5.74, 6) is 2.54. The van der Waals surface area contributed by atoms with Gasteiger partial charge in [-0.3, -0.25) is 0 Å². The normalized spacial score (nSPS) is 11.8. The molecule has 0 amide bonds. The fourth-order valence-corrected chi connectivity index (χ4v) is 3.96. The lowest BCUT2D eigenvalue weighted by atomic mass is 10.1. The highest BCUT2D eigenvalue weighted by atomic mass is 16.5. The quantitative estimate of drug-likeness (QED) is 0.190. The van der Waals surface area contributed by atoms with E-state index in [9.17, 15) is 0 Å². The third-order valence-electron chi connectivity index (χ3n) is 6.27. The molecule has 0 aliphatic heterocycles. The Bertz CT molecular complexity index is 1070. The Labute approximate surface area is 234 Å². The van der Waals surface area contributed by atoms with Crippen LogP contribution in [0.1, 0.15) is 12.8 Å². The first-order valence-electron chi connectivity index (χ1n) is 13.9. The molecule has 1 heterocycles. The highest BCUT2D eigenvalue weighted by molar-refractivity contribution is 5.84. The smallest absolute Gasteiger partial charge is 0.138 e. The van der Waals surface area contributed by atoms with Gasteiger partial charge in [-0.15, -0.1) is 0 Å². The summed E-state index contributed by atoms with van der Waals surface area (Å²) in [4.78, 5) is 6.53. The van der Waals surface area contributed by atoms with Gasteiger partial charge in [0.15, 0.2) is 0 Å². The summed E-state index contributed by atoms with van der Waals surface area (Å²) in [5.41, 5.74) is 1.85. The van der Waals surface area contributed by atoms with Gasteiger partial charge < -0.3 is 38.1 Å². The molecule has 0 unspecified atom stereocenters. The van der Waals surface area contributed by atoms with Gasteiger partial charge in [0.05, 0.1) is 39.6 Å². The number of hydrogen-bond acceptors (Lipinski definition) is 8. The van der Waals surface area contributed by atoms with Crippen LogP contribution in [0.15, 0.2) is 52.9 Å². The Morgan fingerprint density at radius 3 is 1.90 bits per heavy atom. The van der Waals surface area contributed by atoms with Crippen LogP contribution in [0.2, 0.25) is 0 Å². The van der Waals surface area contributed by atoms with Crippen molar-refractivity contribution in [3.05, 3.63) is 48.5 Å². The minimum absolute atomic E-state index is 0.640. The van der Waals surface area contributed by atoms with Crippen LogP contribution in [0.4, 0.5) is 0 Å². The van der Waals surface area contributed by atoms with Crippen LogP contribution < -0.4 is 9.47 Å². The van der Waals surface area contributed by atoms with Gasteiger partial charge in [-0.2, -0.15) is 0 Å². The van der Waals surface area contributed by atoms with Crippen LogP contribution in [0.5, 0.6) is 11.5 Å². The second-order valence-electron chi connectivity index (χ2n) is 10.4. The molecule has 0 N–H and O–H groups in total. The minimum Gasteiger partial charge on any atom is -0.494 e. The van der Waals surface area contributed by atoms with E-state index in [4.69, 9.17) is 23.4 Å². The molecule has 0 fully saturated rings. The molecule has 0 saturated carbocycles. The average molecular weight is 542 g/mol. The molecule has 0 spiro atoms. The molecule has 0 aliphatic carbocycles. The molecule has 3 aromatic rings. The van der Waals surface area contributed by atoms with Crippen LogP contribution in [0.25, 0.3) is 22.3 Å². The van der Waals surface area contributed by atoms with E-state index in [-0.39, 0.29) is 0 Å². The molecule has 8 nitrogen and oxygen atoms in total. The van der Waals surface area contributed by atoms with E-state index in [2.05, 4.69) is 41.9 Å². The van der Waals surface area contributed by atoms with Crippen molar-refractivity contribution < 1.29 is 23.4 Å². The summed E-state index contributed by atoms with van der Waals surface area (Å²) in [5, 5.41) is 1.06. The first-order chi connectivity index (χ1) is 18.9. The standard InChI is InChI=1S/C31H47N3O5/c1-32(2)14-6-18-38-29-13-10-27-24-30(39-31(27)25-29)26-8-11-28(12-9-26)37-19-7-15-34(5)17-21-36-23-22-35-20-16-33(3)4/h8-13,24-25H,6-7,14-23H2,1-5H3. The van der Waals surface area contributed by atoms with Crippen molar-refractivity contribution in [2.75, 3.05) is 101 Å². The number of rotatable bonds is 20. The number of hydrogen-bond donors (Lipinski definition) is 0. The summed E-state index contributed by atoms with van der Waals surface area (Å²) in [6.07, 6.45) is 1.94. The number of fused-ring (bicyclic) bond motifs is 1. The topological polar surface area (TPSA) is 59.8 Å². The molecule has 39 heavy (non-hydrogen) atoms. The zero-order valence-corrected chi connectivity index (χ0v) is 24.5. The van der Waals surface area contributed by atoms with Gasteiger partial charge in [-0.1, -0.05) is 0 Å². The monoisotopic (exact) mass is 541 g/mol. The van der Waals surface area contributed by atoms with E-state index >= 15 is 0 Å². The van der Waals surface area contributed by atoms with Gasteiger partial charge in [-0.25, -0.2) is 0 Å². The highest BCUT2D eigenvalue weighted by Gasteiger charge is 2.08. The average Bonchev–Trinajstić information content (AvgIpc) is 3.34. The van der Waals surface area contributed by atoms with Gasteiger partial charge >= 0.3 is 0 Å². The van der Waals surface area contributed by atoms with Gasteiger partial charge in [-0.05, 0) is 90.5 Å². The molecule has 0 aliphatic rings. The predicted octanol–water partition coefficient (Wildman–Crippen LogP) is 4.73. The van der Waals surface area contributed by atoms with E-state index in [1.165, 1.54) is 0 Å². The molecule has 1 aromatic heterocycles. The van der Waals surface area contributed by atoms with Crippen molar-refractivity contribution >= 4 is 11.0 Å². The second kappa shape index (κ2) is 17.2. The Balaban J connectivity index is 1.32. The SMILES string of the molecule is CN(C)CCCOc1ccc2cc(-c3ccc(OCCCN(C)CCOCCOCCN(C)C)cc3)oc2c1. The molecule has 2 aromatic carbocycles. The summed E-state index contributed by atoms with van der Waals surface area (Å²) in [7, 11) is 10.3. The zero-order valence-electron chi connectivity index (χ0n) is 24.5. The van der Waals surface area contributed by atoms with Crippen LogP contribution >= 0.6 is 0 Å². The maximum Gasteiger partial charge on any atom is 0.138 e. The summed E-state index contributed by atoms with van der Waals surface area (Å²) < 4.78 is 29.2. The zero-order chi connectivity index (χ0) is 27.9. The minimum atomic E-state index is 0.640. The number of likely N-dealkylation sites (N-methyl/N-ethyl adjacent to an activating group) is 2. The molecule has 3 rings (SSSR count). The second-order valence-corrected chi connectivity index (χ2v) is 10.4. The summed E-state index contributed by atoms with van der Waals surface area (Å²) in [6, 6.07) is 16.2. The van der Waals surface area contributed by atoms with E-state index in [0.717, 1.165) is 79.4 Å². The number of benzene rings is 2. The van der Waals surface area contributed by atoms with Crippen molar-refractivity contribution in [2.24, 2.45) is 0 Å². The van der Waals surface area contributed by atoms with Crippen molar-refractivity contribution in [3.63, 3.8) is 0 Å². The highest BCUT2D eigenvalue weighted by Crippen LogP contribution is 2.31. The van der Waals surface area contributed by atoms with Gasteiger partial charge in [0.2, 0.25) is 0 Å². The maximum atomic E-state index is 6.12. The third-order valence-corrected chi connectivity index (χ3v) is 6.27. The van der Waals surface area contributed by atoms with E-state index in [1.807, 2.05) is 56.6 Å². The molecule has 0 atom stereocenters. The molecule has 0 radical (unpaired) electrons. The summed E-state index contributed by atoms with van der Waals surface area (Å²) in [6.45, 7) is 7.91. The number of furan rings is 1. The number of nitrogens with zero attached hydrogens (tertiary/aromatic N) is 3. The van der Waals surface area contributed by atoms with Gasteiger partial charge in [0.1, 0.15) is 22.8 Å². The summed E-state index contributed by atoms with van der Waals surface area (Å²) >= 11 is 0. The number of ether oxygens (including phenoxy) is 4. The molecule has 0 bridgehead atoms. The van der Waals surface area contributed by atoms with Crippen LogP contribution in [-0.4, -0.2) is 116 Å². The van der Waals surface area contributed by atoms with Gasteiger partial charge in [0, 0.05) is 43.2 Å². The largest absolute Gasteiger partial charge is 0.494 e. The maximum absolute atomic E-state index is 6.12. The van der Waals surface area contributed by atoms with E-state index < -0.39 is 0 Å². The first kappa shape index (κ1) is 30.9. The predicted molar refractivity (Wildman–Crippen MR) is 158 cm³/mol. The lowest BCUT2D eigenvalue weighted by Crippen LogP contribution is -2.26. The van der Waals surface area contributed by atoms with Gasteiger partial charge in [0.25, 0.3) is 0 Å². The molecule has 0 saturated heterocycles. The molecular weight excluding hydrogens is 494 g/mol. The van der Waals surface area contributed by atoms with Crippen molar-refractivity contribution in [3.8, 4) is 22.8 Å². The third kappa shape index (κ3) is 12.0. The van der Waals surface area contributed by atoms with Crippen molar-refractivity contribution in [1.82, 2.24) is 14.7 Å². The Morgan fingerprint density at radius 2 is 1.21 bits per heavy atom. The molecular formula is C31H47N3O5. The van der Waals surface area contributed by atoms with E-state index in [1.54, 1.807) is 0 Å². The Kier molecular flexibility index (Phi) is 13.6. The fraction of sp³-hybridized carbons (Fsp3) is 0.548. The van der Waals surface area contributed by atoms with Crippen LogP contribution in [0.3, 0.4) is 0 Å². The first-order valence-corrected chi connectivity index (χ1v) is 13.9. The van der Waals surface area contributed by atoms with E-state index in [0.29, 0.717) is 33.0 Å². The molecule has 8 heteroatoms. The Morgan fingerprint density at radius 1 is 0.590 bits per heavy atom. The van der Waals surface area contributed by atoms with Crippen LogP contribution in [0, 0.1) is 0 Å². The van der Waals surface area contributed by atoms with Crippen molar-refractivity contribution in [2.45, 2.75) is 12.8 Å². The fourth-order valence-electron chi connectivity index (χ4n) is 3.96. The lowest BCUT2D eigenvalue weighted by molar-refractivity contribution is 0.0363. The van der Waals surface area contributed by atoms with Crippen molar-refractivity contribution in [1.29, 1.82) is 0 Å².